The predicted octanol–water partition coefficient (Wildman–Crippen LogP) is 2.24. The van der Waals surface area contributed by atoms with E-state index < -0.39 is 23.2 Å². The molecule has 1 rings (SSSR count). The Balaban J connectivity index is 3.36. The average molecular weight is 207 g/mol. The van der Waals surface area contributed by atoms with Gasteiger partial charge in [-0.2, -0.15) is 13.2 Å². The third kappa shape index (κ3) is 1.84. The van der Waals surface area contributed by atoms with Gasteiger partial charge in [-0.15, -0.1) is 0 Å². The molecule has 0 bridgehead atoms. The minimum Gasteiger partial charge on any atom is -0.398 e. The molecule has 76 valence electrons. The van der Waals surface area contributed by atoms with Gasteiger partial charge in [0.25, 0.3) is 0 Å². The summed E-state index contributed by atoms with van der Waals surface area (Å²) >= 11 is 0. The Morgan fingerprint density at radius 1 is 1.29 bits per heavy atom. The van der Waals surface area contributed by atoms with E-state index in [0.29, 0.717) is 12.1 Å². The predicted molar refractivity (Wildman–Crippen MR) is 41.2 cm³/mol. The van der Waals surface area contributed by atoms with Crippen LogP contribution in [0.25, 0.3) is 0 Å². The van der Waals surface area contributed by atoms with Crippen LogP contribution in [-0.2, 0) is 6.18 Å². The largest absolute Gasteiger partial charge is 0.419 e. The standard InChI is InChI=1S/C8H5F4NO/c9-6-1-4(3-14)7(13)2-5(6)8(10,11)12/h1-3H,13H2. The van der Waals surface area contributed by atoms with Crippen LogP contribution in [0.5, 0.6) is 0 Å². The van der Waals surface area contributed by atoms with Crippen LogP contribution >= 0.6 is 0 Å². The van der Waals surface area contributed by atoms with Crippen molar-refractivity contribution in [3.05, 3.63) is 29.1 Å². The molecule has 0 aliphatic rings. The average Bonchev–Trinajstić information content (AvgIpc) is 2.06. The molecule has 0 radical (unpaired) electrons. The summed E-state index contributed by atoms with van der Waals surface area (Å²) in [6.45, 7) is 0. The first-order valence-electron chi connectivity index (χ1n) is 3.47. The van der Waals surface area contributed by atoms with Gasteiger partial charge in [-0.3, -0.25) is 4.79 Å². The van der Waals surface area contributed by atoms with Crippen molar-refractivity contribution in [1.82, 2.24) is 0 Å². The zero-order chi connectivity index (χ0) is 10.9. The first-order chi connectivity index (χ1) is 6.36. The van der Waals surface area contributed by atoms with Gasteiger partial charge in [0.05, 0.1) is 5.56 Å². The highest BCUT2D eigenvalue weighted by Gasteiger charge is 2.34. The summed E-state index contributed by atoms with van der Waals surface area (Å²) in [6, 6.07) is 0.865. The summed E-state index contributed by atoms with van der Waals surface area (Å²) in [6.07, 6.45) is -4.61. The number of nitrogen functional groups attached to an aromatic ring is 1. The SMILES string of the molecule is Nc1cc(C(F)(F)F)c(F)cc1C=O. The van der Waals surface area contributed by atoms with E-state index in [2.05, 4.69) is 0 Å². The van der Waals surface area contributed by atoms with Gasteiger partial charge < -0.3 is 5.73 Å². The number of aldehydes is 1. The van der Waals surface area contributed by atoms with Crippen molar-refractivity contribution < 1.29 is 22.4 Å². The highest BCUT2D eigenvalue weighted by Crippen LogP contribution is 2.33. The molecule has 0 aromatic heterocycles. The van der Waals surface area contributed by atoms with Gasteiger partial charge in [-0.1, -0.05) is 0 Å². The molecule has 0 fully saturated rings. The highest BCUT2D eigenvalue weighted by atomic mass is 19.4. The molecule has 2 nitrogen and oxygen atoms in total. The van der Waals surface area contributed by atoms with Gasteiger partial charge in [0.15, 0.2) is 6.29 Å². The lowest BCUT2D eigenvalue weighted by molar-refractivity contribution is -0.139. The third-order valence-electron chi connectivity index (χ3n) is 1.61. The van der Waals surface area contributed by atoms with E-state index in [1.807, 2.05) is 0 Å². The summed E-state index contributed by atoms with van der Waals surface area (Å²) in [5, 5.41) is 0. The van der Waals surface area contributed by atoms with Crippen LogP contribution in [0.3, 0.4) is 0 Å². The summed E-state index contributed by atoms with van der Waals surface area (Å²) < 4.78 is 49.0. The number of rotatable bonds is 1. The van der Waals surface area contributed by atoms with Gasteiger partial charge >= 0.3 is 6.18 Å². The topological polar surface area (TPSA) is 43.1 Å². The van der Waals surface area contributed by atoms with Crippen LogP contribution in [0, 0.1) is 5.82 Å². The highest BCUT2D eigenvalue weighted by molar-refractivity contribution is 5.83. The lowest BCUT2D eigenvalue weighted by Gasteiger charge is -2.09. The van der Waals surface area contributed by atoms with Crippen molar-refractivity contribution in [3.63, 3.8) is 0 Å². The number of hydrogen-bond acceptors (Lipinski definition) is 2. The normalized spacial score (nSPS) is 11.4. The van der Waals surface area contributed by atoms with E-state index in [-0.39, 0.29) is 11.8 Å². The maximum atomic E-state index is 12.8. The minimum absolute atomic E-state index is 0.193. The second-order valence-electron chi connectivity index (χ2n) is 2.58. The van der Waals surface area contributed by atoms with E-state index in [9.17, 15) is 22.4 Å². The smallest absolute Gasteiger partial charge is 0.398 e. The van der Waals surface area contributed by atoms with Crippen molar-refractivity contribution in [2.45, 2.75) is 6.18 Å². The molecule has 0 saturated heterocycles. The van der Waals surface area contributed by atoms with Crippen LogP contribution in [0.1, 0.15) is 15.9 Å². The molecule has 0 aliphatic heterocycles. The van der Waals surface area contributed by atoms with Crippen LogP contribution < -0.4 is 5.73 Å². The van der Waals surface area contributed by atoms with Gasteiger partial charge in [0.1, 0.15) is 5.82 Å². The maximum Gasteiger partial charge on any atom is 0.419 e. The molecule has 0 aliphatic carbocycles. The van der Waals surface area contributed by atoms with Crippen LogP contribution in [0.4, 0.5) is 23.2 Å². The molecule has 0 saturated carbocycles. The second kappa shape index (κ2) is 3.28. The number of alkyl halides is 3. The van der Waals surface area contributed by atoms with Crippen LogP contribution in [0.2, 0.25) is 0 Å². The lowest BCUT2D eigenvalue weighted by Crippen LogP contribution is -2.10. The molecular formula is C8H5F4NO. The number of anilines is 1. The van der Waals surface area contributed by atoms with E-state index in [1.165, 1.54) is 0 Å². The summed E-state index contributed by atoms with van der Waals surface area (Å²) in [5.41, 5.74) is 2.94. The summed E-state index contributed by atoms with van der Waals surface area (Å²) in [5.74, 6) is -1.51. The maximum absolute atomic E-state index is 12.8. The molecule has 0 amide bonds. The Morgan fingerprint density at radius 2 is 1.86 bits per heavy atom. The van der Waals surface area contributed by atoms with E-state index in [4.69, 9.17) is 5.73 Å². The van der Waals surface area contributed by atoms with Gasteiger partial charge in [0.2, 0.25) is 0 Å². The first-order valence-corrected chi connectivity index (χ1v) is 3.47. The molecule has 0 spiro atoms. The zero-order valence-corrected chi connectivity index (χ0v) is 6.73. The molecule has 0 atom stereocenters. The minimum atomic E-state index is -4.81. The first kappa shape index (κ1) is 10.5. The Bertz CT molecular complexity index is 372. The van der Waals surface area contributed by atoms with E-state index in [0.717, 1.165) is 0 Å². The third-order valence-corrected chi connectivity index (χ3v) is 1.61. The Labute approximate surface area is 76.3 Å². The number of carbonyl (C=O) groups is 1. The monoisotopic (exact) mass is 207 g/mol. The molecule has 2 N–H and O–H groups in total. The molecular weight excluding hydrogens is 202 g/mol. The molecule has 0 heterocycles. The number of benzene rings is 1. The Hall–Kier alpha value is -1.59. The van der Waals surface area contributed by atoms with E-state index in [1.54, 1.807) is 0 Å². The molecule has 1 aromatic carbocycles. The molecule has 14 heavy (non-hydrogen) atoms. The second-order valence-corrected chi connectivity index (χ2v) is 2.58. The lowest BCUT2D eigenvalue weighted by atomic mass is 10.1. The number of halogens is 4. The Kier molecular flexibility index (Phi) is 2.46. The van der Waals surface area contributed by atoms with Crippen molar-refractivity contribution in [3.8, 4) is 0 Å². The van der Waals surface area contributed by atoms with Crippen LogP contribution in [0.15, 0.2) is 12.1 Å². The fourth-order valence-electron chi connectivity index (χ4n) is 0.925. The molecule has 0 unspecified atom stereocenters. The van der Waals surface area contributed by atoms with Crippen molar-refractivity contribution in [1.29, 1.82) is 0 Å². The van der Waals surface area contributed by atoms with Crippen molar-refractivity contribution in [2.75, 3.05) is 5.73 Å². The van der Waals surface area contributed by atoms with Gasteiger partial charge in [-0.05, 0) is 12.1 Å². The summed E-state index contributed by atoms with van der Waals surface area (Å²) in [4.78, 5) is 10.2. The Morgan fingerprint density at radius 3 is 2.29 bits per heavy atom. The summed E-state index contributed by atoms with van der Waals surface area (Å²) in [7, 11) is 0. The quantitative estimate of drug-likeness (QED) is 0.436. The zero-order valence-electron chi connectivity index (χ0n) is 6.73. The molecule has 1 aromatic rings. The van der Waals surface area contributed by atoms with Gasteiger partial charge in [0, 0.05) is 11.3 Å². The fraction of sp³-hybridized carbons (Fsp3) is 0.125. The number of hydrogen-bond donors (Lipinski definition) is 1. The van der Waals surface area contributed by atoms with Crippen molar-refractivity contribution >= 4 is 12.0 Å². The molecule has 6 heteroatoms. The fourth-order valence-corrected chi connectivity index (χ4v) is 0.925. The van der Waals surface area contributed by atoms with Crippen molar-refractivity contribution in [2.24, 2.45) is 0 Å². The van der Waals surface area contributed by atoms with Gasteiger partial charge in [-0.25, -0.2) is 4.39 Å². The number of nitrogens with two attached hydrogens (primary N) is 1. The van der Waals surface area contributed by atoms with Crippen LogP contribution in [-0.4, -0.2) is 6.29 Å². The van der Waals surface area contributed by atoms with E-state index >= 15 is 0 Å². The number of carbonyl (C=O) groups excluding carboxylic acids is 1.